The van der Waals surface area contributed by atoms with Crippen molar-refractivity contribution >= 4 is 40.9 Å². The predicted octanol–water partition coefficient (Wildman–Crippen LogP) is 1.12. The van der Waals surface area contributed by atoms with Crippen LogP contribution in [0.25, 0.3) is 0 Å². The fourth-order valence-electron chi connectivity index (χ4n) is 5.87. The molecule has 5 rings (SSSR count). The largest absolute Gasteiger partial charge is 0.370 e. The summed E-state index contributed by atoms with van der Waals surface area (Å²) in [5.41, 5.74) is 8.12. The first kappa shape index (κ1) is 22.6. The summed E-state index contributed by atoms with van der Waals surface area (Å²) in [5, 5.41) is 5.26. The van der Waals surface area contributed by atoms with Crippen molar-refractivity contribution in [3.8, 4) is 0 Å². The van der Waals surface area contributed by atoms with Crippen LogP contribution < -0.4 is 16.4 Å². The summed E-state index contributed by atoms with van der Waals surface area (Å²) in [6.45, 7) is 3.92. The van der Waals surface area contributed by atoms with E-state index in [1.165, 1.54) is 4.90 Å². The van der Waals surface area contributed by atoms with Gasteiger partial charge in [-0.3, -0.25) is 24.1 Å². The fourth-order valence-corrected chi connectivity index (χ4v) is 6.06. The summed E-state index contributed by atoms with van der Waals surface area (Å²) in [7, 11) is 0. The number of hydrogen-bond acceptors (Lipinski definition) is 4. The number of amides is 4. The van der Waals surface area contributed by atoms with Crippen molar-refractivity contribution in [2.24, 2.45) is 17.6 Å². The minimum atomic E-state index is -1.28. The zero-order chi connectivity index (χ0) is 24.4. The second-order valence-corrected chi connectivity index (χ2v) is 9.85. The van der Waals surface area contributed by atoms with Crippen LogP contribution in [0.3, 0.4) is 0 Å². The third-order valence-corrected chi connectivity index (χ3v) is 8.05. The Bertz CT molecular complexity index is 1260. The molecule has 0 radical (unpaired) electrons. The lowest BCUT2D eigenvalue weighted by Crippen LogP contribution is -2.99. The van der Waals surface area contributed by atoms with Crippen LogP contribution in [-0.4, -0.2) is 34.6 Å². The zero-order valence-corrected chi connectivity index (χ0v) is 19.7. The molecule has 0 unspecified atom stereocenters. The smallest absolute Gasteiger partial charge is 0.291 e. The first-order chi connectivity index (χ1) is 16.2. The molecule has 8 nitrogen and oxygen atoms in total. The standard InChI is InChI=1S/C25H25ClN4O4/c1-12-7-8-15-21(13(12)2)28-24(34)25(15)20-19(17(29-25)9-10-18(27)31)22(32)30(23(20)33)11-14-5-3-4-6-16(14)26/h3-8,17,19-20,29H,9-11H2,1-2H3,(H2,27,31)(H,28,34)/p+1/t17-,19+,20-,25-/m0/s1. The highest BCUT2D eigenvalue weighted by Gasteiger charge is 2.74. The molecule has 1 spiro atoms. The normalized spacial score (nSPS) is 27.3. The Morgan fingerprint density at radius 1 is 1.15 bits per heavy atom. The zero-order valence-electron chi connectivity index (χ0n) is 18.9. The number of primary amides is 1. The summed E-state index contributed by atoms with van der Waals surface area (Å²) >= 11 is 6.30. The van der Waals surface area contributed by atoms with E-state index in [1.807, 2.05) is 31.3 Å². The number of quaternary nitrogens is 1. The second-order valence-electron chi connectivity index (χ2n) is 9.45. The van der Waals surface area contributed by atoms with Crippen LogP contribution in [0.4, 0.5) is 5.69 Å². The van der Waals surface area contributed by atoms with E-state index in [0.717, 1.165) is 11.1 Å². The Kier molecular flexibility index (Phi) is 5.26. The Morgan fingerprint density at radius 2 is 1.88 bits per heavy atom. The van der Waals surface area contributed by atoms with Gasteiger partial charge in [0.15, 0.2) is 0 Å². The molecular formula is C25H26ClN4O4+. The lowest BCUT2D eigenvalue weighted by molar-refractivity contribution is -0.734. The van der Waals surface area contributed by atoms with Crippen LogP contribution in [0.2, 0.25) is 5.02 Å². The van der Waals surface area contributed by atoms with Crippen LogP contribution >= 0.6 is 11.6 Å². The molecule has 3 heterocycles. The molecule has 5 N–H and O–H groups in total. The summed E-state index contributed by atoms with van der Waals surface area (Å²) < 4.78 is 0. The van der Waals surface area contributed by atoms with E-state index in [-0.39, 0.29) is 24.8 Å². The van der Waals surface area contributed by atoms with Gasteiger partial charge >= 0.3 is 0 Å². The van der Waals surface area contributed by atoms with E-state index in [1.54, 1.807) is 24.3 Å². The molecule has 2 aromatic rings. The maximum absolute atomic E-state index is 13.8. The number of fused-ring (bicyclic) bond motifs is 4. The van der Waals surface area contributed by atoms with E-state index in [9.17, 15) is 19.2 Å². The number of likely N-dealkylation sites (tertiary alicyclic amines) is 1. The van der Waals surface area contributed by atoms with Gasteiger partial charge in [-0.1, -0.05) is 35.9 Å². The molecule has 4 atom stereocenters. The van der Waals surface area contributed by atoms with Gasteiger partial charge in [-0.25, -0.2) is 0 Å². The van der Waals surface area contributed by atoms with Gasteiger partial charge in [0.05, 0.1) is 12.2 Å². The predicted molar refractivity (Wildman–Crippen MR) is 124 cm³/mol. The fraction of sp³-hybridized carbons (Fsp3) is 0.360. The van der Waals surface area contributed by atoms with Crippen molar-refractivity contribution in [3.05, 3.63) is 63.7 Å². The van der Waals surface area contributed by atoms with Gasteiger partial charge in [0.25, 0.3) is 5.91 Å². The van der Waals surface area contributed by atoms with E-state index in [2.05, 4.69) is 5.32 Å². The molecule has 2 aromatic carbocycles. The average molecular weight is 482 g/mol. The van der Waals surface area contributed by atoms with Gasteiger partial charge in [-0.15, -0.1) is 0 Å². The maximum Gasteiger partial charge on any atom is 0.291 e. The van der Waals surface area contributed by atoms with E-state index < -0.39 is 35.2 Å². The Balaban J connectivity index is 1.61. The molecule has 176 valence electrons. The molecule has 3 aliphatic rings. The van der Waals surface area contributed by atoms with Gasteiger partial charge in [0, 0.05) is 23.4 Å². The van der Waals surface area contributed by atoms with E-state index in [0.29, 0.717) is 28.3 Å². The Morgan fingerprint density at radius 3 is 2.59 bits per heavy atom. The minimum absolute atomic E-state index is 0.0321. The molecular weight excluding hydrogens is 456 g/mol. The lowest BCUT2D eigenvalue weighted by atomic mass is 9.76. The molecule has 0 aromatic heterocycles. The van der Waals surface area contributed by atoms with Gasteiger partial charge in [-0.2, -0.15) is 0 Å². The quantitative estimate of drug-likeness (QED) is 0.553. The molecule has 0 saturated carbocycles. The topological polar surface area (TPSA) is 126 Å². The number of benzene rings is 2. The minimum Gasteiger partial charge on any atom is -0.370 e. The molecule has 34 heavy (non-hydrogen) atoms. The molecule has 2 fully saturated rings. The van der Waals surface area contributed by atoms with Gasteiger partial charge in [-0.05, 0) is 42.7 Å². The average Bonchev–Trinajstić information content (AvgIpc) is 3.37. The number of nitrogens with zero attached hydrogens (tertiary/aromatic N) is 1. The van der Waals surface area contributed by atoms with Crippen molar-refractivity contribution < 1.29 is 24.5 Å². The molecule has 9 heteroatoms. The van der Waals surface area contributed by atoms with Crippen LogP contribution in [0.5, 0.6) is 0 Å². The molecule has 0 bridgehead atoms. The summed E-state index contributed by atoms with van der Waals surface area (Å²) in [6.07, 6.45) is 0.360. The number of nitrogens with two attached hydrogens (primary N) is 2. The summed E-state index contributed by atoms with van der Waals surface area (Å²) in [6, 6.07) is 10.4. The van der Waals surface area contributed by atoms with Gasteiger partial charge in [0.1, 0.15) is 17.9 Å². The number of carbonyl (C=O) groups is 4. The highest BCUT2D eigenvalue weighted by molar-refractivity contribution is 6.31. The Hall–Kier alpha value is -3.23. The number of aryl methyl sites for hydroxylation is 1. The number of rotatable bonds is 5. The van der Waals surface area contributed by atoms with Crippen molar-refractivity contribution in [1.29, 1.82) is 0 Å². The molecule has 0 aliphatic carbocycles. The number of nitrogens with one attached hydrogen (secondary N) is 1. The Labute approximate surface area is 201 Å². The van der Waals surface area contributed by atoms with Crippen LogP contribution in [0.1, 0.15) is 35.1 Å². The lowest BCUT2D eigenvalue weighted by Gasteiger charge is -2.26. The first-order valence-corrected chi connectivity index (χ1v) is 11.7. The van der Waals surface area contributed by atoms with Crippen LogP contribution in [-0.2, 0) is 31.3 Å². The van der Waals surface area contributed by atoms with E-state index in [4.69, 9.17) is 17.3 Å². The first-order valence-electron chi connectivity index (χ1n) is 11.3. The maximum atomic E-state index is 13.8. The van der Waals surface area contributed by atoms with Crippen molar-refractivity contribution in [2.75, 3.05) is 5.32 Å². The van der Waals surface area contributed by atoms with Crippen molar-refractivity contribution in [2.45, 2.75) is 44.8 Å². The van der Waals surface area contributed by atoms with Crippen molar-refractivity contribution in [1.82, 2.24) is 4.90 Å². The summed E-state index contributed by atoms with van der Waals surface area (Å²) in [5.74, 6) is -3.17. The van der Waals surface area contributed by atoms with Crippen LogP contribution in [0, 0.1) is 25.7 Å². The number of halogens is 1. The second kappa shape index (κ2) is 7.92. The number of anilines is 1. The number of hydrogen-bond donors (Lipinski definition) is 3. The monoisotopic (exact) mass is 481 g/mol. The highest BCUT2D eigenvalue weighted by atomic mass is 35.5. The SMILES string of the molecule is Cc1ccc2c(c1C)NC(=O)[C@]21[NH2+][C@@H](CCC(N)=O)[C@H]2C(=O)N(Cc3ccccc3Cl)C(=O)[C@H]21. The molecule has 4 amide bonds. The van der Waals surface area contributed by atoms with Crippen molar-refractivity contribution in [3.63, 3.8) is 0 Å². The number of carbonyl (C=O) groups excluding carboxylic acids is 4. The highest BCUT2D eigenvalue weighted by Crippen LogP contribution is 2.50. The third kappa shape index (κ3) is 3.09. The van der Waals surface area contributed by atoms with Gasteiger partial charge in [0.2, 0.25) is 23.3 Å². The van der Waals surface area contributed by atoms with Gasteiger partial charge < -0.3 is 16.4 Å². The van der Waals surface area contributed by atoms with Crippen LogP contribution in [0.15, 0.2) is 36.4 Å². The van der Waals surface area contributed by atoms with E-state index >= 15 is 0 Å². The molecule has 3 aliphatic heterocycles. The summed E-state index contributed by atoms with van der Waals surface area (Å²) in [4.78, 5) is 53.8. The third-order valence-electron chi connectivity index (χ3n) is 7.68. The number of imide groups is 1. The molecule has 2 saturated heterocycles.